The third-order valence-corrected chi connectivity index (χ3v) is 5.89. The molecule has 3 rings (SSSR count). The van der Waals surface area contributed by atoms with Crippen LogP contribution in [0.15, 0.2) is 24.3 Å². The number of likely N-dealkylation sites (tertiary alicyclic amines) is 1. The zero-order valence-corrected chi connectivity index (χ0v) is 16.9. The van der Waals surface area contributed by atoms with E-state index in [-0.39, 0.29) is 23.5 Å². The van der Waals surface area contributed by atoms with E-state index >= 15 is 0 Å². The Morgan fingerprint density at radius 1 is 1.36 bits per heavy atom. The third kappa shape index (κ3) is 4.71. The number of benzene rings is 1. The summed E-state index contributed by atoms with van der Waals surface area (Å²) in [5, 5.41) is 13.6. The predicted octanol–water partition coefficient (Wildman–Crippen LogP) is 1.48. The van der Waals surface area contributed by atoms with Crippen molar-refractivity contribution in [3.05, 3.63) is 35.4 Å². The number of nitrogens with zero attached hydrogens (tertiary/aromatic N) is 1. The van der Waals surface area contributed by atoms with Crippen LogP contribution in [0, 0.1) is 0 Å². The normalized spacial score (nSPS) is 27.4. The van der Waals surface area contributed by atoms with Crippen LogP contribution >= 0.6 is 0 Å². The molecule has 154 valence electrons. The highest BCUT2D eigenvalue weighted by molar-refractivity contribution is 5.89. The fraction of sp³-hybridized carbons (Fsp3) is 0.619. The molecule has 1 amide bonds. The number of carbonyl (C=O) groups is 2. The van der Waals surface area contributed by atoms with E-state index in [1.165, 1.54) is 14.0 Å². The van der Waals surface area contributed by atoms with Crippen molar-refractivity contribution in [2.45, 2.75) is 56.9 Å². The first kappa shape index (κ1) is 20.8. The Kier molecular flexibility index (Phi) is 6.07. The van der Waals surface area contributed by atoms with Gasteiger partial charge in [0.1, 0.15) is 0 Å². The summed E-state index contributed by atoms with van der Waals surface area (Å²) in [4.78, 5) is 25.4. The molecule has 0 aromatic heterocycles. The standard InChI is InChI=1S/C21H30N2O5/c1-15(24)22-18-13-28-21(14-20(18,2)26)7-9-23(10-8-21)12-16-5-4-6-17(11-16)19(25)27-3/h4-6,11,18,26H,7-10,12-14H2,1-3H3,(H,22,24)/t18-,20-/m0/s1. The Balaban J connectivity index is 1.58. The van der Waals surface area contributed by atoms with Crippen LogP contribution in [0.4, 0.5) is 0 Å². The lowest BCUT2D eigenvalue weighted by molar-refractivity contribution is -0.189. The fourth-order valence-corrected chi connectivity index (χ4v) is 4.32. The van der Waals surface area contributed by atoms with E-state index in [2.05, 4.69) is 10.2 Å². The van der Waals surface area contributed by atoms with Gasteiger partial charge in [-0.05, 0) is 37.5 Å². The van der Waals surface area contributed by atoms with Gasteiger partial charge in [0.05, 0.1) is 36.5 Å². The molecule has 0 saturated carbocycles. The highest BCUT2D eigenvalue weighted by atomic mass is 16.5. The van der Waals surface area contributed by atoms with E-state index in [4.69, 9.17) is 9.47 Å². The molecule has 1 spiro atoms. The number of piperidine rings is 1. The van der Waals surface area contributed by atoms with Crippen LogP contribution in [-0.2, 0) is 20.8 Å². The fourth-order valence-electron chi connectivity index (χ4n) is 4.32. The second kappa shape index (κ2) is 8.19. The zero-order chi connectivity index (χ0) is 20.4. The second-order valence-corrected chi connectivity index (χ2v) is 8.25. The van der Waals surface area contributed by atoms with Crippen molar-refractivity contribution in [1.29, 1.82) is 0 Å². The van der Waals surface area contributed by atoms with Crippen LogP contribution in [0.25, 0.3) is 0 Å². The largest absolute Gasteiger partial charge is 0.465 e. The van der Waals surface area contributed by atoms with Gasteiger partial charge in [0.15, 0.2) is 0 Å². The Labute approximate surface area is 166 Å². The average Bonchev–Trinajstić information content (AvgIpc) is 2.65. The van der Waals surface area contributed by atoms with Crippen LogP contribution in [0.1, 0.15) is 49.0 Å². The molecule has 0 unspecified atom stereocenters. The molecule has 1 aromatic carbocycles. The first-order chi connectivity index (χ1) is 13.2. The van der Waals surface area contributed by atoms with Gasteiger partial charge in [0.2, 0.25) is 5.91 Å². The molecule has 7 heteroatoms. The van der Waals surface area contributed by atoms with Crippen LogP contribution in [0.2, 0.25) is 0 Å². The topological polar surface area (TPSA) is 88.1 Å². The third-order valence-electron chi connectivity index (χ3n) is 5.89. The smallest absolute Gasteiger partial charge is 0.337 e. The summed E-state index contributed by atoms with van der Waals surface area (Å²) in [5.74, 6) is -0.486. The van der Waals surface area contributed by atoms with E-state index in [0.717, 1.165) is 38.0 Å². The lowest BCUT2D eigenvalue weighted by Gasteiger charge is -2.51. The summed E-state index contributed by atoms with van der Waals surface area (Å²) in [6.07, 6.45) is 2.16. The van der Waals surface area contributed by atoms with Crippen molar-refractivity contribution < 1.29 is 24.2 Å². The van der Waals surface area contributed by atoms with Gasteiger partial charge in [-0.2, -0.15) is 0 Å². The number of hydrogen-bond donors (Lipinski definition) is 2. The lowest BCUT2D eigenvalue weighted by Crippen LogP contribution is -2.63. The molecule has 7 nitrogen and oxygen atoms in total. The summed E-state index contributed by atoms with van der Waals surface area (Å²) in [7, 11) is 1.38. The van der Waals surface area contributed by atoms with Crippen molar-refractivity contribution in [2.75, 3.05) is 26.8 Å². The summed E-state index contributed by atoms with van der Waals surface area (Å²) < 4.78 is 10.9. The Morgan fingerprint density at radius 2 is 2.07 bits per heavy atom. The molecule has 2 atom stereocenters. The molecule has 2 fully saturated rings. The number of esters is 1. The molecule has 2 N–H and O–H groups in total. The monoisotopic (exact) mass is 390 g/mol. The minimum Gasteiger partial charge on any atom is -0.465 e. The first-order valence-corrected chi connectivity index (χ1v) is 9.76. The summed E-state index contributed by atoms with van der Waals surface area (Å²) in [6.45, 7) is 6.02. The van der Waals surface area contributed by atoms with E-state index in [9.17, 15) is 14.7 Å². The van der Waals surface area contributed by atoms with E-state index in [0.29, 0.717) is 18.6 Å². The number of ether oxygens (including phenoxy) is 2. The molecule has 0 aliphatic carbocycles. The maximum Gasteiger partial charge on any atom is 0.337 e. The second-order valence-electron chi connectivity index (χ2n) is 8.25. The van der Waals surface area contributed by atoms with Gasteiger partial charge in [-0.3, -0.25) is 9.69 Å². The Morgan fingerprint density at radius 3 is 2.68 bits per heavy atom. The van der Waals surface area contributed by atoms with E-state index < -0.39 is 5.60 Å². The zero-order valence-electron chi connectivity index (χ0n) is 16.9. The SMILES string of the molecule is COC(=O)c1cccc(CN2CCC3(CC2)C[C@](C)(O)[C@@H](NC(C)=O)CO3)c1. The number of carbonyl (C=O) groups excluding carboxylic acids is 2. The van der Waals surface area contributed by atoms with E-state index in [1.54, 1.807) is 13.0 Å². The van der Waals surface area contributed by atoms with Crippen LogP contribution in [0.5, 0.6) is 0 Å². The molecule has 28 heavy (non-hydrogen) atoms. The number of methoxy groups -OCH3 is 1. The quantitative estimate of drug-likeness (QED) is 0.758. The van der Waals surface area contributed by atoms with Gasteiger partial charge in [-0.25, -0.2) is 4.79 Å². The number of amides is 1. The molecule has 2 aliphatic heterocycles. The number of nitrogens with one attached hydrogen (secondary N) is 1. The van der Waals surface area contributed by atoms with Crippen molar-refractivity contribution in [1.82, 2.24) is 10.2 Å². The number of hydrogen-bond acceptors (Lipinski definition) is 6. The Hall–Kier alpha value is -1.96. The first-order valence-electron chi connectivity index (χ1n) is 9.76. The highest BCUT2D eigenvalue weighted by Gasteiger charge is 2.49. The number of aliphatic hydroxyl groups is 1. The molecule has 2 saturated heterocycles. The van der Waals surface area contributed by atoms with Gasteiger partial charge in [-0.15, -0.1) is 0 Å². The van der Waals surface area contributed by atoms with Gasteiger partial charge in [-0.1, -0.05) is 12.1 Å². The van der Waals surface area contributed by atoms with Gasteiger partial charge in [0.25, 0.3) is 0 Å². The van der Waals surface area contributed by atoms with Crippen molar-refractivity contribution in [3.63, 3.8) is 0 Å². The maximum absolute atomic E-state index is 11.7. The lowest BCUT2D eigenvalue weighted by atomic mass is 9.75. The van der Waals surface area contributed by atoms with Gasteiger partial charge in [0, 0.05) is 33.0 Å². The van der Waals surface area contributed by atoms with E-state index in [1.807, 2.05) is 18.2 Å². The molecule has 2 heterocycles. The molecule has 0 radical (unpaired) electrons. The van der Waals surface area contributed by atoms with Crippen LogP contribution in [-0.4, -0.2) is 65.9 Å². The summed E-state index contributed by atoms with van der Waals surface area (Å²) in [5.41, 5.74) is 0.300. The van der Waals surface area contributed by atoms with Crippen LogP contribution < -0.4 is 5.32 Å². The van der Waals surface area contributed by atoms with Crippen molar-refractivity contribution in [2.24, 2.45) is 0 Å². The predicted molar refractivity (Wildman–Crippen MR) is 104 cm³/mol. The highest BCUT2D eigenvalue weighted by Crippen LogP contribution is 2.39. The Bertz CT molecular complexity index is 725. The number of rotatable bonds is 4. The molecule has 1 aromatic rings. The summed E-state index contributed by atoms with van der Waals surface area (Å²) >= 11 is 0. The molecule has 2 aliphatic rings. The van der Waals surface area contributed by atoms with Gasteiger partial charge >= 0.3 is 5.97 Å². The average molecular weight is 390 g/mol. The van der Waals surface area contributed by atoms with Crippen molar-refractivity contribution in [3.8, 4) is 0 Å². The van der Waals surface area contributed by atoms with Crippen molar-refractivity contribution >= 4 is 11.9 Å². The van der Waals surface area contributed by atoms with Gasteiger partial charge < -0.3 is 19.9 Å². The molecular formula is C21H30N2O5. The minimum absolute atomic E-state index is 0.158. The maximum atomic E-state index is 11.7. The molecular weight excluding hydrogens is 360 g/mol. The molecule has 0 bridgehead atoms. The van der Waals surface area contributed by atoms with Crippen LogP contribution in [0.3, 0.4) is 0 Å². The summed E-state index contributed by atoms with van der Waals surface area (Å²) in [6, 6.07) is 7.13. The minimum atomic E-state index is -0.985.